The highest BCUT2D eigenvalue weighted by atomic mass is 32.1. The third-order valence-corrected chi connectivity index (χ3v) is 6.81. The van der Waals surface area contributed by atoms with Gasteiger partial charge in [0.2, 0.25) is 11.0 Å². The zero-order valence-corrected chi connectivity index (χ0v) is 20.5. The van der Waals surface area contributed by atoms with E-state index < -0.39 is 0 Å². The maximum atomic E-state index is 12.8. The number of nitrogens with zero attached hydrogens (tertiary/aromatic N) is 3. The molecule has 1 amide bonds. The first-order valence-electron chi connectivity index (χ1n) is 11.1. The molecule has 0 bridgehead atoms. The first-order valence-corrected chi connectivity index (χ1v) is 11.9. The normalized spacial score (nSPS) is 15.4. The van der Waals surface area contributed by atoms with Gasteiger partial charge in [0.1, 0.15) is 11.6 Å². The number of ether oxygens (including phenoxy) is 3. The Morgan fingerprint density at radius 2 is 1.94 bits per heavy atom. The number of hydrogen-bond acceptors (Lipinski definition) is 7. The number of methoxy groups -OCH3 is 2. The number of carbonyl (C=O) groups is 1. The largest absolute Gasteiger partial charge is 0.497 e. The van der Waals surface area contributed by atoms with Crippen molar-refractivity contribution in [2.24, 2.45) is 0 Å². The number of aromatic nitrogens is 3. The van der Waals surface area contributed by atoms with E-state index in [1.54, 1.807) is 18.9 Å². The van der Waals surface area contributed by atoms with Crippen LogP contribution in [0.15, 0.2) is 36.4 Å². The van der Waals surface area contributed by atoms with Crippen LogP contribution in [0, 0.1) is 6.92 Å². The summed E-state index contributed by atoms with van der Waals surface area (Å²) in [5, 5.41) is 8.49. The van der Waals surface area contributed by atoms with Crippen molar-refractivity contribution >= 4 is 33.3 Å². The number of rotatable bonds is 6. The van der Waals surface area contributed by atoms with Crippen LogP contribution in [0.2, 0.25) is 0 Å². The van der Waals surface area contributed by atoms with Crippen LogP contribution >= 0.6 is 11.3 Å². The molecule has 34 heavy (non-hydrogen) atoms. The number of anilines is 1. The highest BCUT2D eigenvalue weighted by molar-refractivity contribution is 7.20. The molecular formula is C25H26N4O4S. The number of thiazole rings is 1. The van der Waals surface area contributed by atoms with Crippen molar-refractivity contribution in [2.45, 2.75) is 39.2 Å². The van der Waals surface area contributed by atoms with Crippen LogP contribution in [-0.4, -0.2) is 41.0 Å². The first kappa shape index (κ1) is 22.2. The lowest BCUT2D eigenvalue weighted by Crippen LogP contribution is -2.25. The van der Waals surface area contributed by atoms with Crippen molar-refractivity contribution < 1.29 is 19.0 Å². The van der Waals surface area contributed by atoms with Gasteiger partial charge in [-0.25, -0.2) is 4.98 Å². The van der Waals surface area contributed by atoms with Gasteiger partial charge in [0.25, 0.3) is 0 Å². The molecule has 9 heteroatoms. The molecule has 1 aliphatic heterocycles. The number of benzene rings is 2. The van der Waals surface area contributed by atoms with E-state index >= 15 is 0 Å². The molecule has 3 heterocycles. The predicted molar refractivity (Wildman–Crippen MR) is 132 cm³/mol. The van der Waals surface area contributed by atoms with Crippen LogP contribution < -0.4 is 19.5 Å². The van der Waals surface area contributed by atoms with E-state index in [1.807, 2.05) is 57.2 Å². The Bertz CT molecular complexity index is 1390. The lowest BCUT2D eigenvalue weighted by atomic mass is 9.85. The molecular weight excluding hydrogens is 452 g/mol. The van der Waals surface area contributed by atoms with Gasteiger partial charge >= 0.3 is 0 Å². The minimum Gasteiger partial charge on any atom is -0.497 e. The van der Waals surface area contributed by atoms with Crippen LogP contribution in [0.25, 0.3) is 15.3 Å². The Morgan fingerprint density at radius 1 is 1.12 bits per heavy atom. The Balaban J connectivity index is 1.59. The molecule has 2 aromatic heterocycles. The molecule has 1 N–H and O–H groups in total. The van der Waals surface area contributed by atoms with E-state index in [0.717, 1.165) is 32.8 Å². The molecule has 8 nitrogen and oxygen atoms in total. The fourth-order valence-electron chi connectivity index (χ4n) is 4.33. The molecule has 0 aliphatic carbocycles. The van der Waals surface area contributed by atoms with Gasteiger partial charge in [0.05, 0.1) is 36.2 Å². The fourth-order valence-corrected chi connectivity index (χ4v) is 5.29. The fraction of sp³-hybridized carbons (Fsp3) is 0.320. The highest BCUT2D eigenvalue weighted by Gasteiger charge is 2.33. The van der Waals surface area contributed by atoms with Gasteiger partial charge < -0.3 is 19.5 Å². The smallest absolute Gasteiger partial charge is 0.226 e. The first-order chi connectivity index (χ1) is 16.4. The van der Waals surface area contributed by atoms with Gasteiger partial charge in [-0.1, -0.05) is 17.4 Å². The zero-order chi connectivity index (χ0) is 24.0. The van der Waals surface area contributed by atoms with Crippen LogP contribution in [0.4, 0.5) is 5.82 Å². The van der Waals surface area contributed by atoms with Crippen molar-refractivity contribution in [1.29, 1.82) is 0 Å². The zero-order valence-electron chi connectivity index (χ0n) is 19.7. The number of amides is 1. The molecule has 176 valence electrons. The van der Waals surface area contributed by atoms with Gasteiger partial charge in [0, 0.05) is 17.9 Å². The second-order valence-corrected chi connectivity index (χ2v) is 9.48. The van der Waals surface area contributed by atoms with E-state index in [9.17, 15) is 4.79 Å². The second kappa shape index (κ2) is 8.64. The lowest BCUT2D eigenvalue weighted by Gasteiger charge is -2.25. The monoisotopic (exact) mass is 478 g/mol. The van der Waals surface area contributed by atoms with Crippen LogP contribution in [0.1, 0.15) is 43.0 Å². The number of hydrogen-bond donors (Lipinski definition) is 1. The summed E-state index contributed by atoms with van der Waals surface area (Å²) >= 11 is 1.50. The topological polar surface area (TPSA) is 87.5 Å². The van der Waals surface area contributed by atoms with Gasteiger partial charge in [-0.2, -0.15) is 9.78 Å². The molecule has 0 unspecified atom stereocenters. The molecule has 2 aromatic carbocycles. The molecule has 0 fully saturated rings. The Morgan fingerprint density at radius 3 is 2.68 bits per heavy atom. The lowest BCUT2D eigenvalue weighted by molar-refractivity contribution is -0.116. The number of aryl methyl sites for hydroxylation is 1. The van der Waals surface area contributed by atoms with E-state index in [1.165, 1.54) is 11.3 Å². The third-order valence-electron chi connectivity index (χ3n) is 5.82. The van der Waals surface area contributed by atoms with Gasteiger partial charge in [0.15, 0.2) is 11.5 Å². The molecule has 1 atom stereocenters. The van der Waals surface area contributed by atoms with Crippen LogP contribution in [0.3, 0.4) is 0 Å². The second-order valence-electron chi connectivity index (χ2n) is 8.47. The highest BCUT2D eigenvalue weighted by Crippen LogP contribution is 2.43. The van der Waals surface area contributed by atoms with E-state index in [4.69, 9.17) is 24.3 Å². The molecule has 0 spiro atoms. The standard InChI is InChI=1S/C25H26N4O4S/c1-13(2)33-19-9-6-15(10-20(19)32-5)17-12-22(30)27-24-23(17)14(3)28-29(24)25-26-18-8-7-16(31-4)11-21(18)34-25/h6-11,13,17H,12H2,1-5H3,(H,27,30)/t17-/m0/s1. The number of nitrogens with one attached hydrogen (secondary N) is 1. The number of fused-ring (bicyclic) bond motifs is 2. The molecule has 0 radical (unpaired) electrons. The molecule has 4 aromatic rings. The molecule has 5 rings (SSSR count). The molecule has 0 saturated heterocycles. The van der Waals surface area contributed by atoms with Gasteiger partial charge in [-0.05, 0) is 56.7 Å². The van der Waals surface area contributed by atoms with Crippen molar-refractivity contribution in [1.82, 2.24) is 14.8 Å². The van der Waals surface area contributed by atoms with Crippen LogP contribution in [0.5, 0.6) is 17.2 Å². The van der Waals surface area contributed by atoms with Crippen molar-refractivity contribution in [3.05, 3.63) is 53.2 Å². The molecule has 0 saturated carbocycles. The Labute approximate surface area is 201 Å². The predicted octanol–water partition coefficient (Wildman–Crippen LogP) is 5.07. The number of carbonyl (C=O) groups excluding carboxylic acids is 1. The average molecular weight is 479 g/mol. The summed E-state index contributed by atoms with van der Waals surface area (Å²) in [6.07, 6.45) is 0.352. The third kappa shape index (κ3) is 3.86. The SMILES string of the molecule is COc1ccc2nc(-n3nc(C)c4c3NC(=O)C[C@H]4c3ccc(OC(C)C)c(OC)c3)sc2c1. The molecule has 1 aliphatic rings. The summed E-state index contributed by atoms with van der Waals surface area (Å²) in [6.45, 7) is 5.91. The maximum absolute atomic E-state index is 12.8. The van der Waals surface area contributed by atoms with Gasteiger partial charge in [-0.15, -0.1) is 0 Å². The van der Waals surface area contributed by atoms with Crippen LogP contribution in [-0.2, 0) is 4.79 Å². The van der Waals surface area contributed by atoms with Gasteiger partial charge in [-0.3, -0.25) is 4.79 Å². The summed E-state index contributed by atoms with van der Waals surface area (Å²) in [5.74, 6) is 2.53. The van der Waals surface area contributed by atoms with Crippen molar-refractivity contribution in [3.63, 3.8) is 0 Å². The Kier molecular flexibility index (Phi) is 5.65. The van der Waals surface area contributed by atoms with Crippen molar-refractivity contribution in [3.8, 4) is 22.4 Å². The Hall–Kier alpha value is -3.59. The summed E-state index contributed by atoms with van der Waals surface area (Å²) in [6, 6.07) is 11.6. The minimum atomic E-state index is -0.158. The summed E-state index contributed by atoms with van der Waals surface area (Å²) in [5.41, 5.74) is 3.65. The quantitative estimate of drug-likeness (QED) is 0.416. The van der Waals surface area contributed by atoms with E-state index in [0.29, 0.717) is 28.9 Å². The van der Waals surface area contributed by atoms with Crippen molar-refractivity contribution in [2.75, 3.05) is 19.5 Å². The summed E-state index contributed by atoms with van der Waals surface area (Å²) < 4.78 is 19.5. The summed E-state index contributed by atoms with van der Waals surface area (Å²) in [7, 11) is 3.26. The summed E-state index contributed by atoms with van der Waals surface area (Å²) in [4.78, 5) is 17.5. The maximum Gasteiger partial charge on any atom is 0.226 e. The van der Waals surface area contributed by atoms with E-state index in [2.05, 4.69) is 5.32 Å². The average Bonchev–Trinajstić information content (AvgIpc) is 3.38. The van der Waals surface area contributed by atoms with E-state index in [-0.39, 0.29) is 17.9 Å². The minimum absolute atomic E-state index is 0.0288.